The number of hydrogen-bond donors (Lipinski definition) is 0. The van der Waals surface area contributed by atoms with Crippen LogP contribution in [0.25, 0.3) is 0 Å². The summed E-state index contributed by atoms with van der Waals surface area (Å²) in [5.74, 6) is 7.81. The van der Waals surface area contributed by atoms with E-state index in [0.29, 0.717) is 11.8 Å². The molecule has 0 N–H and O–H groups in total. The summed E-state index contributed by atoms with van der Waals surface area (Å²) in [6.07, 6.45) is 5.33. The van der Waals surface area contributed by atoms with E-state index in [1.807, 2.05) is 0 Å². The zero-order chi connectivity index (χ0) is 10.1. The van der Waals surface area contributed by atoms with E-state index in [1.165, 1.54) is 25.9 Å². The fourth-order valence-electron chi connectivity index (χ4n) is 2.67. The van der Waals surface area contributed by atoms with Crippen LogP contribution in [0, 0.1) is 17.8 Å². The molecule has 1 aromatic heterocycles. The fraction of sp³-hybridized carbons (Fsp3) is 0.583. The average Bonchev–Trinajstić information content (AvgIpc) is 2.93. The van der Waals surface area contributed by atoms with E-state index >= 15 is 0 Å². The van der Waals surface area contributed by atoms with Crippen LogP contribution in [0.2, 0.25) is 0 Å². The third-order valence-corrected chi connectivity index (χ3v) is 3.43. The molecule has 0 saturated carbocycles. The Bertz CT molecular complexity index is 387. The third kappa shape index (κ3) is 1.78. The van der Waals surface area contributed by atoms with Crippen molar-refractivity contribution in [1.82, 2.24) is 10.1 Å². The lowest BCUT2D eigenvalue weighted by Gasteiger charge is -2.22. The maximum absolute atomic E-state index is 4.92. The monoisotopic (exact) mass is 202 g/mol. The summed E-state index contributed by atoms with van der Waals surface area (Å²) in [5, 5.41) is 3.62. The Kier molecular flexibility index (Phi) is 2.22. The van der Waals surface area contributed by atoms with Gasteiger partial charge in [0.25, 0.3) is 0 Å². The zero-order valence-electron chi connectivity index (χ0n) is 8.65. The van der Waals surface area contributed by atoms with Crippen molar-refractivity contribution in [3.8, 4) is 11.8 Å². The predicted octanol–water partition coefficient (Wildman–Crippen LogP) is 1.51. The van der Waals surface area contributed by atoms with Crippen molar-refractivity contribution in [3.63, 3.8) is 0 Å². The van der Waals surface area contributed by atoms with Crippen LogP contribution in [0.5, 0.6) is 0 Å². The lowest BCUT2D eigenvalue weighted by molar-refractivity contribution is 0.265. The summed E-state index contributed by atoms with van der Waals surface area (Å²) in [4.78, 5) is 2.57. The van der Waals surface area contributed by atoms with Crippen LogP contribution >= 0.6 is 0 Å². The van der Waals surface area contributed by atoms with E-state index < -0.39 is 0 Å². The van der Waals surface area contributed by atoms with Gasteiger partial charge in [-0.3, -0.25) is 4.90 Å². The van der Waals surface area contributed by atoms with Gasteiger partial charge in [-0.25, -0.2) is 0 Å². The Labute approximate surface area is 89.4 Å². The molecule has 3 nitrogen and oxygen atoms in total. The van der Waals surface area contributed by atoms with E-state index in [4.69, 9.17) is 4.52 Å². The molecule has 2 aliphatic heterocycles. The molecule has 0 aliphatic carbocycles. The van der Waals surface area contributed by atoms with E-state index in [2.05, 4.69) is 21.9 Å². The molecule has 3 rings (SSSR count). The molecule has 0 radical (unpaired) electrons. The van der Waals surface area contributed by atoms with Crippen LogP contribution in [0.15, 0.2) is 16.8 Å². The topological polar surface area (TPSA) is 29.3 Å². The van der Waals surface area contributed by atoms with Gasteiger partial charge in [0.15, 0.2) is 0 Å². The van der Waals surface area contributed by atoms with Gasteiger partial charge in [-0.2, -0.15) is 0 Å². The summed E-state index contributed by atoms with van der Waals surface area (Å²) in [7, 11) is 0. The molecule has 2 saturated heterocycles. The second kappa shape index (κ2) is 3.71. The normalized spacial score (nSPS) is 32.7. The van der Waals surface area contributed by atoms with Crippen molar-refractivity contribution in [2.24, 2.45) is 5.92 Å². The Morgan fingerprint density at radius 3 is 3.27 bits per heavy atom. The van der Waals surface area contributed by atoms with Crippen molar-refractivity contribution in [3.05, 3.63) is 18.0 Å². The maximum Gasteiger partial charge on any atom is 0.209 e. The minimum atomic E-state index is 0.674. The first kappa shape index (κ1) is 8.99. The molecule has 3 heteroatoms. The second-order valence-corrected chi connectivity index (χ2v) is 4.42. The lowest BCUT2D eigenvalue weighted by Crippen LogP contribution is -2.28. The van der Waals surface area contributed by atoms with Crippen molar-refractivity contribution in [1.29, 1.82) is 0 Å². The number of nitrogens with zero attached hydrogens (tertiary/aromatic N) is 2. The van der Waals surface area contributed by atoms with Gasteiger partial charge in [-0.1, -0.05) is 11.1 Å². The Morgan fingerprint density at radius 2 is 2.60 bits per heavy atom. The van der Waals surface area contributed by atoms with Crippen molar-refractivity contribution in [2.45, 2.75) is 25.3 Å². The van der Waals surface area contributed by atoms with Gasteiger partial charge in [-0.05, 0) is 31.2 Å². The first-order valence-corrected chi connectivity index (χ1v) is 5.55. The smallest absolute Gasteiger partial charge is 0.209 e. The second-order valence-electron chi connectivity index (χ2n) is 4.42. The number of hydrogen-bond acceptors (Lipinski definition) is 3. The summed E-state index contributed by atoms with van der Waals surface area (Å²) in [6.45, 7) is 2.58. The molecule has 0 spiro atoms. The van der Waals surface area contributed by atoms with Gasteiger partial charge in [-0.15, -0.1) is 0 Å². The van der Waals surface area contributed by atoms with E-state index in [0.717, 1.165) is 12.3 Å². The number of fused-ring (bicyclic) bond motifs is 2. The first-order valence-electron chi connectivity index (χ1n) is 5.55. The Hall–Kier alpha value is -1.27. The molecule has 78 valence electrons. The molecule has 0 amide bonds. The highest BCUT2D eigenvalue weighted by molar-refractivity contribution is 5.23. The molecule has 2 bridgehead atoms. The van der Waals surface area contributed by atoms with Gasteiger partial charge >= 0.3 is 0 Å². The minimum Gasteiger partial charge on any atom is -0.348 e. The van der Waals surface area contributed by atoms with E-state index in [1.54, 1.807) is 12.3 Å². The predicted molar refractivity (Wildman–Crippen MR) is 56.1 cm³/mol. The summed E-state index contributed by atoms with van der Waals surface area (Å²) in [5.41, 5.74) is 0. The first-order chi connectivity index (χ1) is 7.42. The number of piperidine rings is 1. The fourth-order valence-corrected chi connectivity index (χ4v) is 2.67. The van der Waals surface area contributed by atoms with Gasteiger partial charge in [0.05, 0.1) is 6.20 Å². The average molecular weight is 202 g/mol. The van der Waals surface area contributed by atoms with Gasteiger partial charge in [0, 0.05) is 25.1 Å². The van der Waals surface area contributed by atoms with Gasteiger partial charge < -0.3 is 4.52 Å². The lowest BCUT2D eigenvalue weighted by atomic mass is 9.99. The molecule has 2 fully saturated rings. The zero-order valence-corrected chi connectivity index (χ0v) is 8.65. The molecule has 0 aromatic carbocycles. The number of aromatic nitrogens is 1. The third-order valence-electron chi connectivity index (χ3n) is 3.43. The SMILES string of the molecule is C(#Cc1ccno1)CC1CC2CCN1C2. The number of rotatable bonds is 1. The van der Waals surface area contributed by atoms with Crippen LogP contribution in [0.1, 0.15) is 25.0 Å². The largest absolute Gasteiger partial charge is 0.348 e. The summed E-state index contributed by atoms with van der Waals surface area (Å²) in [6, 6.07) is 2.49. The van der Waals surface area contributed by atoms with Crippen molar-refractivity contribution >= 4 is 0 Å². The molecule has 1 aromatic rings. The van der Waals surface area contributed by atoms with Crippen LogP contribution < -0.4 is 0 Å². The highest BCUT2D eigenvalue weighted by Gasteiger charge is 2.36. The molecule has 3 heterocycles. The Morgan fingerprint density at radius 1 is 1.60 bits per heavy atom. The van der Waals surface area contributed by atoms with E-state index in [-0.39, 0.29) is 0 Å². The van der Waals surface area contributed by atoms with E-state index in [9.17, 15) is 0 Å². The van der Waals surface area contributed by atoms with Crippen LogP contribution in [0.3, 0.4) is 0 Å². The molecular weight excluding hydrogens is 188 g/mol. The van der Waals surface area contributed by atoms with Crippen molar-refractivity contribution < 1.29 is 4.52 Å². The van der Waals surface area contributed by atoms with Crippen LogP contribution in [-0.2, 0) is 0 Å². The molecule has 3 atom stereocenters. The van der Waals surface area contributed by atoms with Crippen LogP contribution in [0.4, 0.5) is 0 Å². The molecular formula is C12H14N2O. The summed E-state index contributed by atoms with van der Waals surface area (Å²) >= 11 is 0. The molecule has 3 unspecified atom stereocenters. The van der Waals surface area contributed by atoms with Crippen molar-refractivity contribution in [2.75, 3.05) is 13.1 Å². The van der Waals surface area contributed by atoms with Crippen LogP contribution in [-0.4, -0.2) is 29.2 Å². The Balaban J connectivity index is 1.58. The molecule has 2 aliphatic rings. The maximum atomic E-state index is 4.92. The minimum absolute atomic E-state index is 0.674. The molecule has 15 heavy (non-hydrogen) atoms. The van der Waals surface area contributed by atoms with Gasteiger partial charge in [0.2, 0.25) is 5.76 Å². The quantitative estimate of drug-likeness (QED) is 0.646. The standard InChI is InChI=1S/C12H14N2O/c1(3-12-4-6-13-15-12)2-11-8-10-5-7-14(11)9-10/h4,6,10-11H,2,5,7-9H2. The summed E-state index contributed by atoms with van der Waals surface area (Å²) < 4.78 is 4.92. The van der Waals surface area contributed by atoms with Gasteiger partial charge in [0.1, 0.15) is 0 Å². The highest BCUT2D eigenvalue weighted by Crippen LogP contribution is 2.33. The highest BCUT2D eigenvalue weighted by atomic mass is 16.5.